The fourth-order valence-corrected chi connectivity index (χ4v) is 3.48. The first-order valence-corrected chi connectivity index (χ1v) is 9.57. The first kappa shape index (κ1) is 18.8. The Labute approximate surface area is 167 Å². The number of oxazole rings is 1. The number of hydrogen-bond donors (Lipinski definition) is 2. The molecule has 0 saturated carbocycles. The van der Waals surface area contributed by atoms with Crippen LogP contribution < -0.4 is 10.5 Å². The molecule has 148 valence electrons. The molecule has 29 heavy (non-hydrogen) atoms. The van der Waals surface area contributed by atoms with Crippen molar-refractivity contribution >= 4 is 22.0 Å². The normalized spacial score (nSPS) is 11.3. The van der Waals surface area contributed by atoms with Crippen molar-refractivity contribution in [3.8, 4) is 11.8 Å². The van der Waals surface area contributed by atoms with Crippen LogP contribution in [0.2, 0.25) is 0 Å². The second-order valence-corrected chi connectivity index (χ2v) is 7.09. The van der Waals surface area contributed by atoms with E-state index in [4.69, 9.17) is 14.4 Å². The van der Waals surface area contributed by atoms with E-state index >= 15 is 0 Å². The highest BCUT2D eigenvalue weighted by Crippen LogP contribution is 2.23. The van der Waals surface area contributed by atoms with Crippen LogP contribution >= 0.6 is 0 Å². The molecular weight excluding hydrogens is 368 g/mol. The molecule has 4 rings (SSSR count). The van der Waals surface area contributed by atoms with Gasteiger partial charge in [0.2, 0.25) is 0 Å². The Hall–Kier alpha value is -3.50. The third-order valence-corrected chi connectivity index (χ3v) is 5.02. The van der Waals surface area contributed by atoms with Gasteiger partial charge >= 0.3 is 5.76 Å². The van der Waals surface area contributed by atoms with Gasteiger partial charge in [0, 0.05) is 23.6 Å². The van der Waals surface area contributed by atoms with Crippen LogP contribution in [0.4, 0.5) is 0 Å². The van der Waals surface area contributed by atoms with Crippen LogP contribution in [0.25, 0.3) is 22.0 Å². The zero-order chi connectivity index (χ0) is 20.2. The van der Waals surface area contributed by atoms with E-state index < -0.39 is 5.76 Å². The Kier molecular flexibility index (Phi) is 5.36. The summed E-state index contributed by atoms with van der Waals surface area (Å²) in [5.41, 5.74) is 4.07. The van der Waals surface area contributed by atoms with Gasteiger partial charge in [-0.05, 0) is 62.3 Å². The van der Waals surface area contributed by atoms with Gasteiger partial charge in [-0.25, -0.2) is 4.79 Å². The van der Waals surface area contributed by atoms with Crippen molar-refractivity contribution in [1.82, 2.24) is 14.9 Å². The van der Waals surface area contributed by atoms with E-state index in [1.165, 1.54) is 5.56 Å². The molecule has 4 aromatic rings. The number of nitriles is 1. The minimum atomic E-state index is -0.479. The van der Waals surface area contributed by atoms with Crippen molar-refractivity contribution in [2.24, 2.45) is 0 Å². The summed E-state index contributed by atoms with van der Waals surface area (Å²) in [6.45, 7) is 2.19. The maximum absolute atomic E-state index is 11.4. The molecule has 2 aromatic heterocycles. The van der Waals surface area contributed by atoms with Crippen LogP contribution in [0.5, 0.6) is 5.75 Å². The second-order valence-electron chi connectivity index (χ2n) is 7.09. The van der Waals surface area contributed by atoms with Crippen LogP contribution in [-0.4, -0.2) is 41.6 Å². The summed E-state index contributed by atoms with van der Waals surface area (Å²) < 4.78 is 11.0. The Morgan fingerprint density at radius 2 is 2.10 bits per heavy atom. The molecule has 2 N–H and O–H groups in total. The number of nitrogens with zero attached hydrogens (tertiary/aromatic N) is 2. The fourth-order valence-electron chi connectivity index (χ4n) is 3.48. The van der Waals surface area contributed by atoms with E-state index in [-0.39, 0.29) is 0 Å². The Bertz CT molecular complexity index is 1230. The molecule has 0 radical (unpaired) electrons. The quantitative estimate of drug-likeness (QED) is 0.480. The molecule has 0 fully saturated rings. The van der Waals surface area contributed by atoms with Crippen LogP contribution in [0.1, 0.15) is 17.5 Å². The number of ether oxygens (including phenoxy) is 1. The van der Waals surface area contributed by atoms with Gasteiger partial charge in [0.1, 0.15) is 6.61 Å². The molecule has 0 unspecified atom stereocenters. The van der Waals surface area contributed by atoms with E-state index in [1.54, 1.807) is 12.1 Å². The summed E-state index contributed by atoms with van der Waals surface area (Å²) in [7, 11) is 2.06. The lowest BCUT2D eigenvalue weighted by Gasteiger charge is -2.16. The zero-order valence-electron chi connectivity index (χ0n) is 16.2. The van der Waals surface area contributed by atoms with Gasteiger partial charge < -0.3 is 19.0 Å². The van der Waals surface area contributed by atoms with Gasteiger partial charge in [-0.15, -0.1) is 0 Å². The number of likely N-dealkylation sites (N-methyl/N-ethyl adjacent to an activating group) is 1. The standard InChI is InChI=1S/C22H22N4O3/c1-26(10-11-28-20-6-2-5-19-21(20)29-22(27)25-19)9-3-4-16-14-24-18-8-7-15(13-23)12-17(16)18/h2,5-8,12,14,24H,3-4,9-11H2,1H3,(H,25,27). The Balaban J connectivity index is 1.27. The van der Waals surface area contributed by atoms with Crippen LogP contribution in [-0.2, 0) is 6.42 Å². The average molecular weight is 390 g/mol. The maximum atomic E-state index is 11.4. The van der Waals surface area contributed by atoms with Crippen LogP contribution in [0.3, 0.4) is 0 Å². The van der Waals surface area contributed by atoms with Crippen LogP contribution in [0.15, 0.2) is 51.8 Å². The number of aryl methyl sites for hydroxylation is 1. The Morgan fingerprint density at radius 3 is 2.97 bits per heavy atom. The van der Waals surface area contributed by atoms with Crippen molar-refractivity contribution in [3.63, 3.8) is 0 Å². The lowest BCUT2D eigenvalue weighted by molar-refractivity contribution is 0.236. The van der Waals surface area contributed by atoms with Gasteiger partial charge in [-0.1, -0.05) is 6.07 Å². The monoisotopic (exact) mass is 390 g/mol. The van der Waals surface area contributed by atoms with Crippen molar-refractivity contribution in [1.29, 1.82) is 5.26 Å². The predicted molar refractivity (Wildman–Crippen MR) is 111 cm³/mol. The number of benzene rings is 2. The minimum absolute atomic E-state index is 0.455. The highest BCUT2D eigenvalue weighted by molar-refractivity contribution is 5.84. The highest BCUT2D eigenvalue weighted by atomic mass is 16.5. The summed E-state index contributed by atoms with van der Waals surface area (Å²) in [5, 5.41) is 10.2. The van der Waals surface area contributed by atoms with E-state index in [9.17, 15) is 4.79 Å². The Morgan fingerprint density at radius 1 is 1.21 bits per heavy atom. The van der Waals surface area contributed by atoms with Gasteiger partial charge in [0.15, 0.2) is 11.3 Å². The molecule has 0 saturated heterocycles. The molecule has 0 atom stereocenters. The lowest BCUT2D eigenvalue weighted by atomic mass is 10.1. The fraction of sp³-hybridized carbons (Fsp3) is 0.273. The lowest BCUT2D eigenvalue weighted by Crippen LogP contribution is -2.25. The van der Waals surface area contributed by atoms with Crippen LogP contribution in [0, 0.1) is 11.3 Å². The summed E-state index contributed by atoms with van der Waals surface area (Å²) in [6, 6.07) is 13.3. The molecule has 0 bridgehead atoms. The number of aromatic nitrogens is 2. The number of rotatable bonds is 8. The van der Waals surface area contributed by atoms with Crippen molar-refractivity contribution in [3.05, 3.63) is 64.3 Å². The zero-order valence-corrected chi connectivity index (χ0v) is 16.2. The number of para-hydroxylation sites is 1. The van der Waals surface area contributed by atoms with Gasteiger partial charge in [0.25, 0.3) is 0 Å². The van der Waals surface area contributed by atoms with E-state index in [1.807, 2.05) is 30.5 Å². The third-order valence-electron chi connectivity index (χ3n) is 5.02. The molecule has 0 aliphatic carbocycles. The third kappa shape index (κ3) is 4.18. The number of H-pyrrole nitrogens is 2. The summed E-state index contributed by atoms with van der Waals surface area (Å²) >= 11 is 0. The summed E-state index contributed by atoms with van der Waals surface area (Å²) in [6.07, 6.45) is 3.97. The predicted octanol–water partition coefficient (Wildman–Crippen LogP) is 3.42. The van der Waals surface area contributed by atoms with Crippen molar-refractivity contribution in [2.75, 3.05) is 26.7 Å². The SMILES string of the molecule is CN(CCCc1c[nH]c2ccc(C#N)cc12)CCOc1cccc2[nH]c(=O)oc12. The first-order valence-electron chi connectivity index (χ1n) is 9.57. The summed E-state index contributed by atoms with van der Waals surface area (Å²) in [5.74, 6) is 0.0914. The molecule has 2 aromatic carbocycles. The number of fused-ring (bicyclic) bond motifs is 2. The molecule has 0 aliphatic heterocycles. The largest absolute Gasteiger partial charge is 0.488 e. The van der Waals surface area contributed by atoms with Crippen molar-refractivity contribution < 1.29 is 9.15 Å². The van der Waals surface area contributed by atoms with E-state index in [2.05, 4.69) is 28.0 Å². The average Bonchev–Trinajstić information content (AvgIpc) is 3.30. The number of hydrogen-bond acceptors (Lipinski definition) is 5. The first-order chi connectivity index (χ1) is 14.1. The smallest absolute Gasteiger partial charge is 0.417 e. The number of nitrogens with one attached hydrogen (secondary N) is 2. The second kappa shape index (κ2) is 8.25. The minimum Gasteiger partial charge on any atom is -0.488 e. The molecule has 2 heterocycles. The summed E-state index contributed by atoms with van der Waals surface area (Å²) in [4.78, 5) is 19.5. The molecule has 7 nitrogen and oxygen atoms in total. The number of aromatic amines is 2. The van der Waals surface area contributed by atoms with Gasteiger partial charge in [-0.3, -0.25) is 4.98 Å². The van der Waals surface area contributed by atoms with Gasteiger partial charge in [-0.2, -0.15) is 5.26 Å². The molecule has 0 spiro atoms. The van der Waals surface area contributed by atoms with E-state index in [0.29, 0.717) is 29.0 Å². The molecule has 7 heteroatoms. The van der Waals surface area contributed by atoms with Gasteiger partial charge in [0.05, 0.1) is 17.1 Å². The van der Waals surface area contributed by atoms with Crippen molar-refractivity contribution in [2.45, 2.75) is 12.8 Å². The maximum Gasteiger partial charge on any atom is 0.417 e. The highest BCUT2D eigenvalue weighted by Gasteiger charge is 2.09. The van der Waals surface area contributed by atoms with E-state index in [0.717, 1.165) is 36.8 Å². The molecule has 0 amide bonds. The topological polar surface area (TPSA) is 98.0 Å². The molecular formula is C22H22N4O3. The molecule has 0 aliphatic rings.